The molecule has 21 heavy (non-hydrogen) atoms. The summed E-state index contributed by atoms with van der Waals surface area (Å²) in [4.78, 5) is 12.1. The topological polar surface area (TPSA) is 62.5 Å². The molecule has 5 heteroatoms. The van der Waals surface area contributed by atoms with Crippen LogP contribution in [0.4, 0.5) is 5.69 Å². The number of rotatable bonds is 3. The average molecular weight is 304 g/mol. The summed E-state index contributed by atoms with van der Waals surface area (Å²) in [5.74, 6) is 5.43. The molecule has 0 bridgehead atoms. The number of carbonyl (C=O) groups is 1. The molecule has 0 radical (unpaired) electrons. The first-order chi connectivity index (χ1) is 10.1. The number of nitrogens with one attached hydrogen (secondary N) is 1. The monoisotopic (exact) mass is 303 g/mol. The number of halogens is 1. The molecule has 0 saturated heterocycles. The summed E-state index contributed by atoms with van der Waals surface area (Å²) in [6, 6.07) is 7.03. The molecule has 0 aliphatic carbocycles. The zero-order valence-corrected chi connectivity index (χ0v) is 12.2. The Kier molecular flexibility index (Phi) is 5.04. The minimum Gasteiger partial charge on any atom is -0.452 e. The third-order valence-corrected chi connectivity index (χ3v) is 3.11. The number of hydrogen-bond donors (Lipinski definition) is 2. The number of anilines is 1. The zero-order chi connectivity index (χ0) is 15.2. The highest BCUT2D eigenvalue weighted by atomic mass is 35.5. The third kappa shape index (κ3) is 3.88. The summed E-state index contributed by atoms with van der Waals surface area (Å²) in [5.41, 5.74) is 2.62. The van der Waals surface area contributed by atoms with Gasteiger partial charge < -0.3 is 14.8 Å². The third-order valence-electron chi connectivity index (χ3n) is 2.82. The molecule has 2 aromatic rings. The molecule has 2 N–H and O–H groups in total. The van der Waals surface area contributed by atoms with Crippen molar-refractivity contribution >= 4 is 23.2 Å². The molecule has 1 aromatic carbocycles. The van der Waals surface area contributed by atoms with Gasteiger partial charge in [-0.3, -0.25) is 4.79 Å². The Labute approximate surface area is 127 Å². The fraction of sp³-hybridized carbons (Fsp3) is 0.188. The van der Waals surface area contributed by atoms with Gasteiger partial charge in [0.2, 0.25) is 5.22 Å². The lowest BCUT2D eigenvalue weighted by Gasteiger charge is -2.08. The molecule has 2 rings (SSSR count). The van der Waals surface area contributed by atoms with Crippen molar-refractivity contribution in [2.24, 2.45) is 0 Å². The van der Waals surface area contributed by atoms with Gasteiger partial charge in [0.15, 0.2) is 0 Å². The van der Waals surface area contributed by atoms with Crippen molar-refractivity contribution in [3.63, 3.8) is 0 Å². The van der Waals surface area contributed by atoms with Crippen LogP contribution in [0, 0.1) is 18.8 Å². The lowest BCUT2D eigenvalue weighted by atomic mass is 10.1. The molecular weight excluding hydrogens is 290 g/mol. The van der Waals surface area contributed by atoms with Gasteiger partial charge in [0.05, 0.1) is 18.4 Å². The van der Waals surface area contributed by atoms with Crippen LogP contribution < -0.4 is 5.32 Å². The Balaban J connectivity index is 2.20. The molecule has 108 valence electrons. The quantitative estimate of drug-likeness (QED) is 0.856. The van der Waals surface area contributed by atoms with Crippen LogP contribution in [0.25, 0.3) is 0 Å². The van der Waals surface area contributed by atoms with Crippen molar-refractivity contribution in [1.82, 2.24) is 0 Å². The first-order valence-corrected chi connectivity index (χ1v) is 6.74. The molecule has 0 aliphatic rings. The van der Waals surface area contributed by atoms with Gasteiger partial charge >= 0.3 is 0 Å². The van der Waals surface area contributed by atoms with Gasteiger partial charge in [0.1, 0.15) is 0 Å². The normalized spacial score (nSPS) is 9.86. The van der Waals surface area contributed by atoms with E-state index < -0.39 is 0 Å². The van der Waals surface area contributed by atoms with Crippen molar-refractivity contribution in [2.75, 3.05) is 11.9 Å². The summed E-state index contributed by atoms with van der Waals surface area (Å²) < 4.78 is 4.90. The van der Waals surface area contributed by atoms with E-state index in [0.29, 0.717) is 12.1 Å². The number of carbonyl (C=O) groups excluding carboxylic acids is 1. The number of amides is 1. The lowest BCUT2D eigenvalue weighted by Crippen LogP contribution is -2.12. The number of benzene rings is 1. The maximum Gasteiger partial charge on any atom is 0.260 e. The van der Waals surface area contributed by atoms with Crippen LogP contribution in [0.5, 0.6) is 0 Å². The van der Waals surface area contributed by atoms with Crippen LogP contribution in [0.2, 0.25) is 5.22 Å². The maximum atomic E-state index is 12.1. The molecule has 4 nitrogen and oxygen atoms in total. The van der Waals surface area contributed by atoms with Gasteiger partial charge in [-0.1, -0.05) is 17.9 Å². The van der Waals surface area contributed by atoms with Crippen LogP contribution in [0.3, 0.4) is 0 Å². The fourth-order valence-corrected chi connectivity index (χ4v) is 1.90. The Morgan fingerprint density at radius 1 is 1.43 bits per heavy atom. The highest BCUT2D eigenvalue weighted by Gasteiger charge is 2.14. The second kappa shape index (κ2) is 6.98. The van der Waals surface area contributed by atoms with Crippen LogP contribution in [0.1, 0.15) is 27.9 Å². The Morgan fingerprint density at radius 2 is 2.24 bits per heavy atom. The zero-order valence-electron chi connectivity index (χ0n) is 11.4. The predicted molar refractivity (Wildman–Crippen MR) is 81.4 cm³/mol. The van der Waals surface area contributed by atoms with Gasteiger partial charge in [-0.2, -0.15) is 0 Å². The SMILES string of the molecule is Cc1ccc(C#CCCO)cc1NC(=O)c1ccoc1Cl. The van der Waals surface area contributed by atoms with Crippen molar-refractivity contribution in [3.05, 3.63) is 52.4 Å². The van der Waals surface area contributed by atoms with Crippen LogP contribution >= 0.6 is 11.6 Å². The Morgan fingerprint density at radius 3 is 2.90 bits per heavy atom. The van der Waals surface area contributed by atoms with Gasteiger partial charge in [-0.05, 0) is 42.3 Å². The van der Waals surface area contributed by atoms with E-state index >= 15 is 0 Å². The van der Waals surface area contributed by atoms with Crippen LogP contribution in [-0.2, 0) is 0 Å². The highest BCUT2D eigenvalue weighted by Crippen LogP contribution is 2.21. The number of hydrogen-bond acceptors (Lipinski definition) is 3. The van der Waals surface area contributed by atoms with Gasteiger partial charge in [0.25, 0.3) is 5.91 Å². The number of aliphatic hydroxyl groups excluding tert-OH is 1. The van der Waals surface area contributed by atoms with Gasteiger partial charge in [0, 0.05) is 17.7 Å². The van der Waals surface area contributed by atoms with E-state index in [9.17, 15) is 4.79 Å². The molecule has 1 amide bonds. The van der Waals surface area contributed by atoms with E-state index in [0.717, 1.165) is 11.1 Å². The van der Waals surface area contributed by atoms with E-state index in [4.69, 9.17) is 21.1 Å². The number of aliphatic hydroxyl groups is 1. The second-order valence-electron chi connectivity index (χ2n) is 4.37. The molecule has 1 heterocycles. The summed E-state index contributed by atoms with van der Waals surface area (Å²) in [6.45, 7) is 1.92. The van der Waals surface area contributed by atoms with E-state index in [1.165, 1.54) is 12.3 Å². The van der Waals surface area contributed by atoms with Crippen molar-refractivity contribution in [1.29, 1.82) is 0 Å². The van der Waals surface area contributed by atoms with Crippen LogP contribution in [-0.4, -0.2) is 17.6 Å². The molecule has 0 spiro atoms. The molecule has 0 atom stereocenters. The van der Waals surface area contributed by atoms with Crippen LogP contribution in [0.15, 0.2) is 34.9 Å². The average Bonchev–Trinajstić information content (AvgIpc) is 2.89. The molecule has 0 aliphatic heterocycles. The molecule has 1 aromatic heterocycles. The van der Waals surface area contributed by atoms with Crippen molar-refractivity contribution < 1.29 is 14.3 Å². The summed E-state index contributed by atoms with van der Waals surface area (Å²) in [7, 11) is 0. The first kappa shape index (κ1) is 15.2. The van der Waals surface area contributed by atoms with Gasteiger partial charge in [-0.15, -0.1) is 0 Å². The smallest absolute Gasteiger partial charge is 0.260 e. The van der Waals surface area contributed by atoms with E-state index in [1.807, 2.05) is 19.1 Å². The largest absolute Gasteiger partial charge is 0.452 e. The number of furan rings is 1. The Bertz CT molecular complexity index is 710. The molecule has 0 unspecified atom stereocenters. The fourth-order valence-electron chi connectivity index (χ4n) is 1.70. The molecule has 0 fully saturated rings. The molecular formula is C16H14ClNO3. The highest BCUT2D eigenvalue weighted by molar-refractivity contribution is 6.32. The van der Waals surface area contributed by atoms with E-state index in [2.05, 4.69) is 17.2 Å². The van der Waals surface area contributed by atoms with Gasteiger partial charge in [-0.25, -0.2) is 0 Å². The minimum absolute atomic E-state index is 0.0292. The van der Waals surface area contributed by atoms with Crippen molar-refractivity contribution in [2.45, 2.75) is 13.3 Å². The lowest BCUT2D eigenvalue weighted by molar-refractivity contribution is 0.102. The molecule has 0 saturated carbocycles. The standard InChI is InChI=1S/C16H14ClNO3/c1-11-5-6-12(4-2-3-8-19)10-14(11)18-16(20)13-7-9-21-15(13)17/h5-7,9-10,19H,3,8H2,1H3,(H,18,20). The predicted octanol–water partition coefficient (Wildman–Crippen LogP) is 3.23. The minimum atomic E-state index is -0.336. The maximum absolute atomic E-state index is 12.1. The summed E-state index contributed by atoms with van der Waals surface area (Å²) >= 11 is 5.78. The van der Waals surface area contributed by atoms with E-state index in [-0.39, 0.29) is 23.3 Å². The number of aryl methyl sites for hydroxylation is 1. The van der Waals surface area contributed by atoms with E-state index in [1.54, 1.807) is 6.07 Å². The summed E-state index contributed by atoms with van der Waals surface area (Å²) in [5, 5.41) is 11.6. The summed E-state index contributed by atoms with van der Waals surface area (Å²) in [6.07, 6.45) is 1.78. The van der Waals surface area contributed by atoms with Crippen molar-refractivity contribution in [3.8, 4) is 11.8 Å². The first-order valence-electron chi connectivity index (χ1n) is 6.36. The second-order valence-corrected chi connectivity index (χ2v) is 4.71. The Hall–Kier alpha value is -2.22.